The zero-order valence-electron chi connectivity index (χ0n) is 15.3. The van der Waals surface area contributed by atoms with Crippen LogP contribution < -0.4 is 10.5 Å². The van der Waals surface area contributed by atoms with Gasteiger partial charge in [-0.2, -0.15) is 4.31 Å². The van der Waals surface area contributed by atoms with Crippen molar-refractivity contribution in [2.45, 2.75) is 51.0 Å². The molecule has 1 aromatic carbocycles. The first-order chi connectivity index (χ1) is 11.3. The van der Waals surface area contributed by atoms with E-state index in [0.29, 0.717) is 42.2 Å². The summed E-state index contributed by atoms with van der Waals surface area (Å²) >= 11 is 0. The van der Waals surface area contributed by atoms with E-state index in [1.807, 2.05) is 6.92 Å². The van der Waals surface area contributed by atoms with Gasteiger partial charge < -0.3 is 10.5 Å². The summed E-state index contributed by atoms with van der Waals surface area (Å²) in [6.07, 6.45) is 2.63. The number of nitrogens with two attached hydrogens (primary N) is 1. The maximum absolute atomic E-state index is 12.7. The minimum atomic E-state index is -3.42. The Kier molecular flexibility index (Phi) is 8.68. The molecule has 1 heterocycles. The summed E-state index contributed by atoms with van der Waals surface area (Å²) in [4.78, 5) is 0.331. The molecular weight excluding hydrogens is 360 g/mol. The smallest absolute Gasteiger partial charge is 0.243 e. The number of nitrogens with zero attached hydrogens (tertiary/aromatic N) is 1. The Morgan fingerprint density at radius 3 is 2.20 bits per heavy atom. The van der Waals surface area contributed by atoms with Crippen molar-refractivity contribution in [1.29, 1.82) is 0 Å². The molecule has 1 aliphatic rings. The fourth-order valence-corrected chi connectivity index (χ4v) is 4.38. The van der Waals surface area contributed by atoms with Gasteiger partial charge in [-0.1, -0.05) is 13.8 Å². The van der Waals surface area contributed by atoms with Crippen molar-refractivity contribution in [3.63, 3.8) is 0 Å². The molecule has 1 saturated heterocycles. The molecule has 2 rings (SSSR count). The summed E-state index contributed by atoms with van der Waals surface area (Å²) < 4.78 is 32.7. The van der Waals surface area contributed by atoms with Crippen molar-refractivity contribution in [3.05, 3.63) is 24.3 Å². The van der Waals surface area contributed by atoms with E-state index < -0.39 is 10.0 Å². The Bertz CT molecular complexity index is 610. The van der Waals surface area contributed by atoms with E-state index in [9.17, 15) is 8.42 Å². The third kappa shape index (κ3) is 6.13. The number of hydrogen-bond donors (Lipinski definition) is 1. The van der Waals surface area contributed by atoms with Crippen LogP contribution in [0, 0.1) is 11.8 Å². The first kappa shape index (κ1) is 22.2. The summed E-state index contributed by atoms with van der Waals surface area (Å²) in [6.45, 7) is 8.02. The number of rotatable bonds is 7. The van der Waals surface area contributed by atoms with E-state index in [4.69, 9.17) is 10.5 Å². The van der Waals surface area contributed by atoms with E-state index in [0.717, 1.165) is 19.3 Å². The maximum Gasteiger partial charge on any atom is 0.243 e. The van der Waals surface area contributed by atoms with Gasteiger partial charge in [0.05, 0.1) is 11.5 Å². The minimum Gasteiger partial charge on any atom is -0.494 e. The molecule has 0 radical (unpaired) electrons. The summed E-state index contributed by atoms with van der Waals surface area (Å²) in [5, 5.41) is 0. The molecule has 7 heteroatoms. The molecule has 2 N–H and O–H groups in total. The number of piperidine rings is 1. The Morgan fingerprint density at radius 1 is 1.16 bits per heavy atom. The molecule has 0 aromatic heterocycles. The Balaban J connectivity index is 0.00000312. The molecule has 0 bridgehead atoms. The highest BCUT2D eigenvalue weighted by molar-refractivity contribution is 7.89. The molecule has 1 atom stereocenters. The lowest BCUT2D eigenvalue weighted by atomic mass is 9.92. The van der Waals surface area contributed by atoms with Crippen LogP contribution >= 0.6 is 12.4 Å². The normalized spacial score (nSPS) is 18.0. The Labute approximate surface area is 158 Å². The van der Waals surface area contributed by atoms with E-state index in [1.54, 1.807) is 28.6 Å². The number of ether oxygens (including phenoxy) is 1. The molecular formula is C18H31ClN2O3S. The zero-order valence-corrected chi connectivity index (χ0v) is 17.0. The highest BCUT2D eigenvalue weighted by Gasteiger charge is 2.30. The fourth-order valence-electron chi connectivity index (χ4n) is 2.91. The second-order valence-corrected chi connectivity index (χ2v) is 9.04. The Hall–Kier alpha value is -0.820. The largest absolute Gasteiger partial charge is 0.494 e. The van der Waals surface area contributed by atoms with Crippen molar-refractivity contribution >= 4 is 22.4 Å². The van der Waals surface area contributed by atoms with E-state index in [-0.39, 0.29) is 18.4 Å². The van der Waals surface area contributed by atoms with Crippen molar-refractivity contribution < 1.29 is 13.2 Å². The van der Waals surface area contributed by atoms with Crippen molar-refractivity contribution in [1.82, 2.24) is 4.31 Å². The molecule has 1 unspecified atom stereocenters. The highest BCUT2D eigenvalue weighted by atomic mass is 35.5. The number of halogens is 1. The van der Waals surface area contributed by atoms with Crippen molar-refractivity contribution in [2.24, 2.45) is 17.6 Å². The first-order valence-corrected chi connectivity index (χ1v) is 10.2. The first-order valence-electron chi connectivity index (χ1n) is 8.79. The SMILES string of the molecule is CC(C)CCOc1ccc(S(=O)(=O)N2CCC(C(C)N)CC2)cc1.Cl. The van der Waals surface area contributed by atoms with Crippen LogP contribution in [0.15, 0.2) is 29.2 Å². The van der Waals surface area contributed by atoms with Gasteiger partial charge in [-0.25, -0.2) is 8.42 Å². The molecule has 0 spiro atoms. The summed E-state index contributed by atoms with van der Waals surface area (Å²) in [5.74, 6) is 1.71. The standard InChI is InChI=1S/C18H30N2O3S.ClH/c1-14(2)10-13-23-17-4-6-18(7-5-17)24(21,22)20-11-8-16(9-12-20)15(3)19;/h4-7,14-16H,8-13,19H2,1-3H3;1H. The molecule has 144 valence electrons. The van der Waals surface area contributed by atoms with Crippen LogP contribution in [0.2, 0.25) is 0 Å². The van der Waals surface area contributed by atoms with Crippen LogP contribution in [0.25, 0.3) is 0 Å². The van der Waals surface area contributed by atoms with Crippen LogP contribution in [-0.2, 0) is 10.0 Å². The lowest BCUT2D eigenvalue weighted by Crippen LogP contribution is -2.42. The minimum absolute atomic E-state index is 0. The molecule has 0 saturated carbocycles. The van der Waals surface area contributed by atoms with E-state index >= 15 is 0 Å². The Morgan fingerprint density at radius 2 is 1.72 bits per heavy atom. The number of benzene rings is 1. The fraction of sp³-hybridized carbons (Fsp3) is 0.667. The molecule has 0 aliphatic carbocycles. The average molecular weight is 391 g/mol. The van der Waals surface area contributed by atoms with Gasteiger partial charge in [0.25, 0.3) is 0 Å². The number of hydrogen-bond acceptors (Lipinski definition) is 4. The lowest BCUT2D eigenvalue weighted by Gasteiger charge is -2.32. The summed E-state index contributed by atoms with van der Waals surface area (Å²) in [6, 6.07) is 6.87. The van der Waals surface area contributed by atoms with Gasteiger partial charge in [-0.05, 0) is 62.3 Å². The van der Waals surface area contributed by atoms with Crippen LogP contribution in [-0.4, -0.2) is 38.5 Å². The predicted molar refractivity (Wildman–Crippen MR) is 104 cm³/mol. The van der Waals surface area contributed by atoms with Gasteiger partial charge in [-0.15, -0.1) is 12.4 Å². The van der Waals surface area contributed by atoms with Crippen LogP contribution in [0.5, 0.6) is 5.75 Å². The summed E-state index contributed by atoms with van der Waals surface area (Å²) in [7, 11) is -3.42. The zero-order chi connectivity index (χ0) is 17.7. The van der Waals surface area contributed by atoms with Gasteiger partial charge in [-0.3, -0.25) is 0 Å². The van der Waals surface area contributed by atoms with Crippen LogP contribution in [0.3, 0.4) is 0 Å². The summed E-state index contributed by atoms with van der Waals surface area (Å²) in [5.41, 5.74) is 5.93. The van der Waals surface area contributed by atoms with E-state index in [2.05, 4.69) is 13.8 Å². The second kappa shape index (κ2) is 9.76. The van der Waals surface area contributed by atoms with Gasteiger partial charge in [0.2, 0.25) is 10.0 Å². The lowest BCUT2D eigenvalue weighted by molar-refractivity contribution is 0.250. The molecule has 25 heavy (non-hydrogen) atoms. The molecule has 1 aromatic rings. The van der Waals surface area contributed by atoms with Crippen molar-refractivity contribution in [2.75, 3.05) is 19.7 Å². The quantitative estimate of drug-likeness (QED) is 0.775. The molecule has 1 aliphatic heterocycles. The number of sulfonamides is 1. The molecule has 1 fully saturated rings. The van der Waals surface area contributed by atoms with Crippen molar-refractivity contribution in [3.8, 4) is 5.75 Å². The second-order valence-electron chi connectivity index (χ2n) is 7.10. The maximum atomic E-state index is 12.7. The topological polar surface area (TPSA) is 72.6 Å². The predicted octanol–water partition coefficient (Wildman–Crippen LogP) is 3.28. The molecule has 0 amide bonds. The van der Waals surface area contributed by atoms with Gasteiger partial charge in [0.15, 0.2) is 0 Å². The molecule has 5 nitrogen and oxygen atoms in total. The average Bonchev–Trinajstić information content (AvgIpc) is 2.55. The monoisotopic (exact) mass is 390 g/mol. The van der Waals surface area contributed by atoms with Crippen LogP contribution in [0.4, 0.5) is 0 Å². The van der Waals surface area contributed by atoms with Gasteiger partial charge >= 0.3 is 0 Å². The van der Waals surface area contributed by atoms with Gasteiger partial charge in [0.1, 0.15) is 5.75 Å². The third-order valence-corrected chi connectivity index (χ3v) is 6.58. The van der Waals surface area contributed by atoms with Gasteiger partial charge in [0, 0.05) is 19.1 Å². The van der Waals surface area contributed by atoms with E-state index in [1.165, 1.54) is 0 Å². The highest BCUT2D eigenvalue weighted by Crippen LogP contribution is 2.26. The third-order valence-electron chi connectivity index (χ3n) is 4.67. The van der Waals surface area contributed by atoms with Crippen LogP contribution in [0.1, 0.15) is 40.0 Å².